The summed E-state index contributed by atoms with van der Waals surface area (Å²) in [4.78, 5) is 0. The van der Waals surface area contributed by atoms with E-state index >= 15 is 0 Å². The molecule has 4 heteroatoms. The molecule has 1 unspecified atom stereocenters. The standard InChI is InChI=1S/C20H21ClN2O/c1-15-13-16(2)23(22-15)18-9-6-10-19(14-18)24-20(11-12-21)17-7-4-3-5-8-17/h3-10,13-14,20H,11-12H2,1-2H3. The lowest BCUT2D eigenvalue weighted by molar-refractivity contribution is 0.202. The Balaban J connectivity index is 1.86. The molecule has 124 valence electrons. The summed E-state index contributed by atoms with van der Waals surface area (Å²) in [6, 6.07) is 20.3. The van der Waals surface area contributed by atoms with Crippen molar-refractivity contribution in [3.63, 3.8) is 0 Å². The molecule has 24 heavy (non-hydrogen) atoms. The lowest BCUT2D eigenvalue weighted by atomic mass is 10.1. The quantitative estimate of drug-likeness (QED) is 0.574. The van der Waals surface area contributed by atoms with Crippen molar-refractivity contribution in [3.05, 3.63) is 77.6 Å². The molecule has 0 aliphatic rings. The van der Waals surface area contributed by atoms with Crippen molar-refractivity contribution in [3.8, 4) is 11.4 Å². The summed E-state index contributed by atoms with van der Waals surface area (Å²) in [6.07, 6.45) is 0.704. The molecule has 0 saturated carbocycles. The van der Waals surface area contributed by atoms with Gasteiger partial charge in [0.25, 0.3) is 0 Å². The maximum Gasteiger partial charge on any atom is 0.125 e. The van der Waals surface area contributed by atoms with Crippen LogP contribution in [0.15, 0.2) is 60.7 Å². The summed E-state index contributed by atoms with van der Waals surface area (Å²) >= 11 is 5.97. The second-order valence-corrected chi connectivity index (χ2v) is 6.21. The molecule has 0 aliphatic heterocycles. The normalized spacial score (nSPS) is 12.1. The highest BCUT2D eigenvalue weighted by molar-refractivity contribution is 6.17. The van der Waals surface area contributed by atoms with E-state index in [-0.39, 0.29) is 6.10 Å². The number of halogens is 1. The van der Waals surface area contributed by atoms with Crippen molar-refractivity contribution in [2.45, 2.75) is 26.4 Å². The SMILES string of the molecule is Cc1cc(C)n(-c2cccc(OC(CCCl)c3ccccc3)c2)n1. The smallest absolute Gasteiger partial charge is 0.125 e. The van der Waals surface area contributed by atoms with E-state index in [0.717, 1.165) is 34.8 Å². The van der Waals surface area contributed by atoms with Gasteiger partial charge in [0.05, 0.1) is 11.4 Å². The summed E-state index contributed by atoms with van der Waals surface area (Å²) in [6.45, 7) is 4.05. The number of hydrogen-bond donors (Lipinski definition) is 0. The Hall–Kier alpha value is -2.26. The fourth-order valence-corrected chi connectivity index (χ4v) is 3.00. The van der Waals surface area contributed by atoms with Gasteiger partial charge in [-0.25, -0.2) is 4.68 Å². The second-order valence-electron chi connectivity index (χ2n) is 5.83. The highest BCUT2D eigenvalue weighted by Crippen LogP contribution is 2.27. The Morgan fingerprint density at radius 2 is 1.83 bits per heavy atom. The molecule has 0 N–H and O–H groups in total. The third kappa shape index (κ3) is 3.80. The van der Waals surface area contributed by atoms with Crippen molar-refractivity contribution in [2.24, 2.45) is 0 Å². The lowest BCUT2D eigenvalue weighted by Crippen LogP contribution is -2.09. The highest BCUT2D eigenvalue weighted by Gasteiger charge is 2.13. The van der Waals surface area contributed by atoms with Crippen LogP contribution in [0, 0.1) is 13.8 Å². The first-order valence-electron chi connectivity index (χ1n) is 8.08. The highest BCUT2D eigenvalue weighted by atomic mass is 35.5. The van der Waals surface area contributed by atoms with Gasteiger partial charge in [-0.3, -0.25) is 0 Å². The van der Waals surface area contributed by atoms with Crippen LogP contribution < -0.4 is 4.74 Å². The Kier molecular flexibility index (Phi) is 5.21. The molecule has 0 saturated heterocycles. The predicted molar refractivity (Wildman–Crippen MR) is 98.2 cm³/mol. The van der Waals surface area contributed by atoms with Gasteiger partial charge in [-0.15, -0.1) is 11.6 Å². The van der Waals surface area contributed by atoms with Crippen LogP contribution in [0.5, 0.6) is 5.75 Å². The third-order valence-corrected chi connectivity index (χ3v) is 4.11. The molecule has 3 rings (SSSR count). The number of aryl methyl sites for hydroxylation is 2. The van der Waals surface area contributed by atoms with Crippen molar-refractivity contribution < 1.29 is 4.74 Å². The van der Waals surface area contributed by atoms with Gasteiger partial charge in [0, 0.05) is 24.1 Å². The summed E-state index contributed by atoms with van der Waals surface area (Å²) in [5, 5.41) is 4.54. The third-order valence-electron chi connectivity index (χ3n) is 3.89. The van der Waals surface area contributed by atoms with Gasteiger partial charge >= 0.3 is 0 Å². The fourth-order valence-electron chi connectivity index (χ4n) is 2.80. The van der Waals surface area contributed by atoms with E-state index in [1.807, 2.05) is 61.0 Å². The minimum atomic E-state index is -0.0561. The van der Waals surface area contributed by atoms with Gasteiger partial charge in [-0.05, 0) is 37.6 Å². The van der Waals surface area contributed by atoms with E-state index in [0.29, 0.717) is 5.88 Å². The molecule has 3 nitrogen and oxygen atoms in total. The first kappa shape index (κ1) is 16.6. The van der Waals surface area contributed by atoms with Crippen molar-refractivity contribution in [1.82, 2.24) is 9.78 Å². The van der Waals surface area contributed by atoms with Gasteiger partial charge in [0.1, 0.15) is 11.9 Å². The minimum absolute atomic E-state index is 0.0561. The summed E-state index contributed by atoms with van der Waals surface area (Å²) in [5.41, 5.74) is 4.23. The van der Waals surface area contributed by atoms with Crippen LogP contribution in [0.3, 0.4) is 0 Å². The molecule has 0 aliphatic carbocycles. The number of ether oxygens (including phenoxy) is 1. The Morgan fingerprint density at radius 1 is 1.04 bits per heavy atom. The van der Waals surface area contributed by atoms with E-state index in [1.165, 1.54) is 0 Å². The number of benzene rings is 2. The Labute approximate surface area is 147 Å². The summed E-state index contributed by atoms with van der Waals surface area (Å²) in [5.74, 6) is 1.37. The molecule has 0 amide bonds. The van der Waals surface area contributed by atoms with E-state index in [1.54, 1.807) is 0 Å². The maximum atomic E-state index is 6.22. The molecular weight excluding hydrogens is 320 g/mol. The van der Waals surface area contributed by atoms with Crippen LogP contribution in [0.25, 0.3) is 5.69 Å². The van der Waals surface area contributed by atoms with E-state index in [4.69, 9.17) is 16.3 Å². The van der Waals surface area contributed by atoms with Crippen LogP contribution in [-0.2, 0) is 0 Å². The van der Waals surface area contributed by atoms with Crippen LogP contribution in [0.2, 0.25) is 0 Å². The number of nitrogens with zero attached hydrogens (tertiary/aromatic N) is 2. The van der Waals surface area contributed by atoms with E-state index < -0.39 is 0 Å². The monoisotopic (exact) mass is 340 g/mol. The molecule has 2 aromatic carbocycles. The average molecular weight is 341 g/mol. The molecule has 3 aromatic rings. The van der Waals surface area contributed by atoms with E-state index in [9.17, 15) is 0 Å². The number of aromatic nitrogens is 2. The van der Waals surface area contributed by atoms with Crippen molar-refractivity contribution in [1.29, 1.82) is 0 Å². The molecule has 0 bridgehead atoms. The van der Waals surface area contributed by atoms with Crippen LogP contribution >= 0.6 is 11.6 Å². The van der Waals surface area contributed by atoms with Crippen LogP contribution in [0.4, 0.5) is 0 Å². The molecule has 0 spiro atoms. The van der Waals surface area contributed by atoms with Gasteiger partial charge in [0.2, 0.25) is 0 Å². The molecule has 1 aromatic heterocycles. The van der Waals surface area contributed by atoms with Crippen molar-refractivity contribution >= 4 is 11.6 Å². The van der Waals surface area contributed by atoms with E-state index in [2.05, 4.69) is 23.3 Å². The van der Waals surface area contributed by atoms with Crippen LogP contribution in [0.1, 0.15) is 29.5 Å². The van der Waals surface area contributed by atoms with Crippen LogP contribution in [-0.4, -0.2) is 15.7 Å². The lowest BCUT2D eigenvalue weighted by Gasteiger charge is -2.19. The Morgan fingerprint density at radius 3 is 2.50 bits per heavy atom. The Bertz CT molecular complexity index is 798. The summed E-state index contributed by atoms with van der Waals surface area (Å²) < 4.78 is 8.16. The second kappa shape index (κ2) is 7.54. The van der Waals surface area contributed by atoms with Gasteiger partial charge in [-0.2, -0.15) is 5.10 Å². The average Bonchev–Trinajstić information content (AvgIpc) is 2.94. The largest absolute Gasteiger partial charge is 0.486 e. The topological polar surface area (TPSA) is 27.1 Å². The van der Waals surface area contributed by atoms with Crippen molar-refractivity contribution in [2.75, 3.05) is 5.88 Å². The van der Waals surface area contributed by atoms with Gasteiger partial charge < -0.3 is 4.74 Å². The summed E-state index contributed by atoms with van der Waals surface area (Å²) in [7, 11) is 0. The predicted octanol–water partition coefficient (Wildman–Crippen LogP) is 5.24. The number of alkyl halides is 1. The number of hydrogen-bond acceptors (Lipinski definition) is 2. The molecule has 0 fully saturated rings. The first-order chi connectivity index (χ1) is 11.7. The molecular formula is C20H21ClN2O. The molecule has 1 heterocycles. The zero-order valence-corrected chi connectivity index (χ0v) is 14.7. The first-order valence-corrected chi connectivity index (χ1v) is 8.62. The zero-order valence-electron chi connectivity index (χ0n) is 13.9. The maximum absolute atomic E-state index is 6.22. The molecule has 1 atom stereocenters. The minimum Gasteiger partial charge on any atom is -0.486 e. The fraction of sp³-hybridized carbons (Fsp3) is 0.250. The molecule has 0 radical (unpaired) electrons. The van der Waals surface area contributed by atoms with Gasteiger partial charge in [-0.1, -0.05) is 36.4 Å². The van der Waals surface area contributed by atoms with Gasteiger partial charge in [0.15, 0.2) is 0 Å². The zero-order chi connectivity index (χ0) is 16.9. The number of rotatable bonds is 6.